The summed E-state index contributed by atoms with van der Waals surface area (Å²) in [5, 5.41) is 4.38. The third-order valence-electron chi connectivity index (χ3n) is 6.22. The molecule has 0 spiro atoms. The van der Waals surface area contributed by atoms with Crippen LogP contribution in [0.1, 0.15) is 25.8 Å². The number of benzene rings is 2. The number of oxazole rings is 1. The molecule has 0 aliphatic carbocycles. The molecule has 0 saturated heterocycles. The van der Waals surface area contributed by atoms with Crippen molar-refractivity contribution in [2.75, 3.05) is 12.3 Å². The minimum atomic E-state index is -0.485. The van der Waals surface area contributed by atoms with Gasteiger partial charge in [-0.15, -0.1) is 0 Å². The fourth-order valence-corrected chi connectivity index (χ4v) is 4.61. The molecule has 0 fully saturated rings. The molecule has 0 unspecified atom stereocenters. The van der Waals surface area contributed by atoms with Crippen LogP contribution in [0.25, 0.3) is 44.6 Å². The fraction of sp³-hybridized carbons (Fsp3) is 0.250. The molecule has 3 aromatic heterocycles. The lowest BCUT2D eigenvalue weighted by molar-refractivity contribution is -0.121. The average Bonchev–Trinajstić information content (AvgIpc) is 3.48. The fourth-order valence-electron chi connectivity index (χ4n) is 4.61. The lowest BCUT2D eigenvalue weighted by Gasteiger charge is -2.10. The standard InChI is InChI=1S/C24H23N7O3/c1-2-18(22(25)32)31-12-15(11-27-31)14-9-17-21-20(10-14)33-7-3-6-30(21)23(28-17)13-4-5-19-16(8-13)29-24(26)34-19/h4-5,8-12,18H,2-3,6-7H2,1H3,(H2,25,32)(H2,26,29)/t18-/m1/s1. The first-order valence-electron chi connectivity index (χ1n) is 11.2. The number of anilines is 1. The highest BCUT2D eigenvalue weighted by atomic mass is 16.5. The smallest absolute Gasteiger partial charge is 0.292 e. The van der Waals surface area contributed by atoms with Crippen LogP contribution in [-0.4, -0.2) is 36.8 Å². The summed E-state index contributed by atoms with van der Waals surface area (Å²) in [6, 6.07) is 9.43. The number of carbonyl (C=O) groups is 1. The highest BCUT2D eigenvalue weighted by Gasteiger charge is 2.22. The maximum Gasteiger partial charge on any atom is 0.292 e. The van der Waals surface area contributed by atoms with Gasteiger partial charge < -0.3 is 25.2 Å². The molecule has 10 heteroatoms. The van der Waals surface area contributed by atoms with Crippen molar-refractivity contribution in [3.63, 3.8) is 0 Å². The van der Waals surface area contributed by atoms with Gasteiger partial charge in [-0.1, -0.05) is 6.92 Å². The number of imidazole rings is 1. The number of hydrogen-bond acceptors (Lipinski definition) is 7. The van der Waals surface area contributed by atoms with Crippen LogP contribution in [0, 0.1) is 0 Å². The van der Waals surface area contributed by atoms with Crippen molar-refractivity contribution in [1.29, 1.82) is 0 Å². The molecule has 34 heavy (non-hydrogen) atoms. The normalized spacial score (nSPS) is 14.3. The van der Waals surface area contributed by atoms with E-state index in [0.29, 0.717) is 24.1 Å². The van der Waals surface area contributed by atoms with Gasteiger partial charge in [-0.3, -0.25) is 9.48 Å². The molecular formula is C24H23N7O3. The molecule has 4 N–H and O–H groups in total. The van der Waals surface area contributed by atoms with Crippen molar-refractivity contribution in [3.05, 3.63) is 42.7 Å². The van der Waals surface area contributed by atoms with Gasteiger partial charge in [0.15, 0.2) is 5.58 Å². The Balaban J connectivity index is 1.49. The van der Waals surface area contributed by atoms with Gasteiger partial charge >= 0.3 is 0 Å². The van der Waals surface area contributed by atoms with Gasteiger partial charge in [0, 0.05) is 23.9 Å². The van der Waals surface area contributed by atoms with Crippen LogP contribution < -0.4 is 16.2 Å². The van der Waals surface area contributed by atoms with Gasteiger partial charge in [-0.05, 0) is 48.7 Å². The largest absolute Gasteiger partial charge is 0.491 e. The molecule has 0 saturated carbocycles. The van der Waals surface area contributed by atoms with Crippen molar-refractivity contribution in [3.8, 4) is 28.3 Å². The van der Waals surface area contributed by atoms with E-state index in [0.717, 1.165) is 52.3 Å². The number of hydrogen-bond donors (Lipinski definition) is 2. The minimum absolute atomic E-state index is 0.140. The molecule has 1 amide bonds. The topological polar surface area (TPSA) is 140 Å². The number of fused-ring (bicyclic) bond motifs is 1. The predicted molar refractivity (Wildman–Crippen MR) is 127 cm³/mol. The first kappa shape index (κ1) is 20.3. The van der Waals surface area contributed by atoms with Crippen LogP contribution in [-0.2, 0) is 11.3 Å². The van der Waals surface area contributed by atoms with Gasteiger partial charge in [-0.2, -0.15) is 10.1 Å². The van der Waals surface area contributed by atoms with Crippen molar-refractivity contribution in [2.45, 2.75) is 32.4 Å². The van der Waals surface area contributed by atoms with E-state index >= 15 is 0 Å². The number of carbonyl (C=O) groups excluding carboxylic acids is 1. The molecule has 1 aliphatic heterocycles. The Morgan fingerprint density at radius 1 is 1.15 bits per heavy atom. The molecule has 0 bridgehead atoms. The van der Waals surface area contributed by atoms with E-state index in [1.54, 1.807) is 10.9 Å². The Hall–Kier alpha value is -4.34. The summed E-state index contributed by atoms with van der Waals surface area (Å²) in [4.78, 5) is 21.0. The number of amides is 1. The Morgan fingerprint density at radius 3 is 2.82 bits per heavy atom. The van der Waals surface area contributed by atoms with Crippen molar-refractivity contribution < 1.29 is 13.9 Å². The van der Waals surface area contributed by atoms with Gasteiger partial charge in [0.05, 0.1) is 18.3 Å². The zero-order chi connectivity index (χ0) is 23.4. The number of rotatable bonds is 5. The summed E-state index contributed by atoms with van der Waals surface area (Å²) in [7, 11) is 0. The summed E-state index contributed by atoms with van der Waals surface area (Å²) in [5.74, 6) is 1.19. The molecule has 6 rings (SSSR count). The second-order valence-corrected chi connectivity index (χ2v) is 8.40. The van der Waals surface area contributed by atoms with Gasteiger partial charge in [0.2, 0.25) is 5.91 Å². The monoisotopic (exact) mass is 457 g/mol. The maximum atomic E-state index is 11.8. The lowest BCUT2D eigenvalue weighted by atomic mass is 10.1. The molecule has 5 aromatic rings. The van der Waals surface area contributed by atoms with Crippen LogP contribution in [0.4, 0.5) is 6.01 Å². The molecule has 1 aliphatic rings. The number of nitrogens with zero attached hydrogens (tertiary/aromatic N) is 5. The molecule has 0 radical (unpaired) electrons. The van der Waals surface area contributed by atoms with E-state index in [9.17, 15) is 4.79 Å². The van der Waals surface area contributed by atoms with Crippen molar-refractivity contribution >= 4 is 34.1 Å². The van der Waals surface area contributed by atoms with Gasteiger partial charge in [-0.25, -0.2) is 4.98 Å². The van der Waals surface area contributed by atoms with E-state index in [1.165, 1.54) is 0 Å². The molecule has 4 heterocycles. The predicted octanol–water partition coefficient (Wildman–Crippen LogP) is 3.51. The number of ether oxygens (including phenoxy) is 1. The van der Waals surface area contributed by atoms with Crippen molar-refractivity contribution in [2.24, 2.45) is 5.73 Å². The molecular weight excluding hydrogens is 434 g/mol. The third-order valence-corrected chi connectivity index (χ3v) is 6.22. The summed E-state index contributed by atoms with van der Waals surface area (Å²) in [5.41, 5.74) is 17.0. The SMILES string of the molecule is CC[C@H](C(N)=O)n1cc(-c2cc3c4c(c2)nc(-c2ccc5oc(N)nc5c2)n4CCCO3)cn1. The minimum Gasteiger partial charge on any atom is -0.491 e. The Morgan fingerprint density at radius 2 is 2.00 bits per heavy atom. The highest BCUT2D eigenvalue weighted by Crippen LogP contribution is 2.38. The first-order valence-corrected chi connectivity index (χ1v) is 11.2. The third kappa shape index (κ3) is 3.18. The summed E-state index contributed by atoms with van der Waals surface area (Å²) in [6.07, 6.45) is 5.00. The van der Waals surface area contributed by atoms with Crippen LogP contribution in [0.2, 0.25) is 0 Å². The van der Waals surface area contributed by atoms with E-state index in [-0.39, 0.29) is 6.01 Å². The van der Waals surface area contributed by atoms with Crippen LogP contribution >= 0.6 is 0 Å². The van der Waals surface area contributed by atoms with E-state index in [1.807, 2.05) is 43.5 Å². The van der Waals surface area contributed by atoms with Crippen LogP contribution in [0.15, 0.2) is 47.1 Å². The summed E-state index contributed by atoms with van der Waals surface area (Å²) >= 11 is 0. The van der Waals surface area contributed by atoms with E-state index in [4.69, 9.17) is 25.6 Å². The van der Waals surface area contributed by atoms with Gasteiger partial charge in [0.1, 0.15) is 28.6 Å². The number of nitrogens with two attached hydrogens (primary N) is 2. The van der Waals surface area contributed by atoms with Crippen LogP contribution in [0.3, 0.4) is 0 Å². The average molecular weight is 457 g/mol. The summed E-state index contributed by atoms with van der Waals surface area (Å²) < 4.78 is 15.3. The second kappa shape index (κ2) is 7.62. The molecule has 10 nitrogen and oxygen atoms in total. The number of aromatic nitrogens is 5. The summed E-state index contributed by atoms with van der Waals surface area (Å²) in [6.45, 7) is 3.30. The first-order chi connectivity index (χ1) is 16.5. The lowest BCUT2D eigenvalue weighted by Crippen LogP contribution is -2.26. The number of primary amides is 1. The highest BCUT2D eigenvalue weighted by molar-refractivity contribution is 5.91. The van der Waals surface area contributed by atoms with E-state index in [2.05, 4.69) is 14.6 Å². The maximum absolute atomic E-state index is 11.8. The zero-order valence-electron chi connectivity index (χ0n) is 18.6. The Bertz CT molecular complexity index is 1560. The Labute approximate surface area is 194 Å². The number of aryl methyl sites for hydroxylation is 1. The quantitative estimate of drug-likeness (QED) is 0.411. The molecule has 1 atom stereocenters. The Kier molecular flexibility index (Phi) is 4.54. The van der Waals surface area contributed by atoms with Gasteiger partial charge in [0.25, 0.3) is 6.01 Å². The number of nitrogen functional groups attached to an aromatic ring is 1. The van der Waals surface area contributed by atoms with Crippen molar-refractivity contribution in [1.82, 2.24) is 24.3 Å². The second-order valence-electron chi connectivity index (χ2n) is 8.40. The van der Waals surface area contributed by atoms with Crippen LogP contribution in [0.5, 0.6) is 5.75 Å². The zero-order valence-corrected chi connectivity index (χ0v) is 18.6. The molecule has 2 aromatic carbocycles. The van der Waals surface area contributed by atoms with E-state index < -0.39 is 11.9 Å². The molecule has 172 valence electrons.